The van der Waals surface area contributed by atoms with E-state index in [2.05, 4.69) is 19.9 Å². The van der Waals surface area contributed by atoms with E-state index in [9.17, 15) is 4.79 Å². The van der Waals surface area contributed by atoms with Gasteiger partial charge in [-0.15, -0.1) is 0 Å². The van der Waals surface area contributed by atoms with Crippen LogP contribution in [0.3, 0.4) is 0 Å². The molecule has 2 aromatic heterocycles. The van der Waals surface area contributed by atoms with E-state index in [1.54, 1.807) is 24.8 Å². The Kier molecular flexibility index (Phi) is 6.24. The number of carbonyl (C=O) groups is 1. The van der Waals surface area contributed by atoms with Gasteiger partial charge in [0.05, 0.1) is 11.7 Å². The van der Waals surface area contributed by atoms with Crippen molar-refractivity contribution in [3.05, 3.63) is 42.5 Å². The van der Waals surface area contributed by atoms with Gasteiger partial charge in [0.1, 0.15) is 0 Å². The third-order valence-electron chi connectivity index (χ3n) is 5.37. The summed E-state index contributed by atoms with van der Waals surface area (Å²) in [5, 5.41) is 0. The zero-order valence-electron chi connectivity index (χ0n) is 16.2. The molecule has 0 saturated carbocycles. The summed E-state index contributed by atoms with van der Waals surface area (Å²) < 4.78 is 6.03. The first-order chi connectivity index (χ1) is 13.8. The number of hydrogen-bond acceptors (Lipinski definition) is 6. The Morgan fingerprint density at radius 2 is 1.89 bits per heavy atom. The molecule has 4 heterocycles. The van der Waals surface area contributed by atoms with E-state index in [1.807, 2.05) is 17.0 Å². The highest BCUT2D eigenvalue weighted by Gasteiger charge is 2.26. The molecule has 2 aromatic rings. The van der Waals surface area contributed by atoms with Gasteiger partial charge >= 0.3 is 0 Å². The fourth-order valence-electron chi connectivity index (χ4n) is 3.89. The zero-order valence-corrected chi connectivity index (χ0v) is 16.2. The maximum Gasteiger partial charge on any atom is 0.257 e. The smallest absolute Gasteiger partial charge is 0.257 e. The SMILES string of the molecule is O=C(c1cnc(-c2cccnc2)nc1)N1CCCOC(CN2CCCCC2)C1. The molecule has 0 aliphatic carbocycles. The van der Waals surface area contributed by atoms with Gasteiger partial charge in [-0.3, -0.25) is 9.78 Å². The van der Waals surface area contributed by atoms with Crippen LogP contribution in [0.5, 0.6) is 0 Å². The second kappa shape index (κ2) is 9.21. The van der Waals surface area contributed by atoms with Crippen molar-refractivity contribution in [1.29, 1.82) is 0 Å². The molecule has 2 fully saturated rings. The molecular formula is C21H27N5O2. The average molecular weight is 381 g/mol. The van der Waals surface area contributed by atoms with Crippen molar-refractivity contribution >= 4 is 5.91 Å². The normalized spacial score (nSPS) is 21.3. The summed E-state index contributed by atoms with van der Waals surface area (Å²) in [6.07, 6.45) is 11.4. The van der Waals surface area contributed by atoms with E-state index < -0.39 is 0 Å². The van der Waals surface area contributed by atoms with Crippen LogP contribution in [0, 0.1) is 0 Å². The van der Waals surface area contributed by atoms with Gasteiger partial charge in [-0.05, 0) is 44.5 Å². The average Bonchev–Trinajstić information content (AvgIpc) is 3.00. The van der Waals surface area contributed by atoms with Crippen molar-refractivity contribution in [3.8, 4) is 11.4 Å². The molecule has 28 heavy (non-hydrogen) atoms. The first-order valence-corrected chi connectivity index (χ1v) is 10.2. The van der Waals surface area contributed by atoms with Crippen molar-refractivity contribution in [2.75, 3.05) is 39.3 Å². The van der Waals surface area contributed by atoms with E-state index in [1.165, 1.54) is 19.3 Å². The van der Waals surface area contributed by atoms with Crippen molar-refractivity contribution in [2.45, 2.75) is 31.8 Å². The van der Waals surface area contributed by atoms with Gasteiger partial charge in [0.2, 0.25) is 0 Å². The van der Waals surface area contributed by atoms with E-state index >= 15 is 0 Å². The first kappa shape index (κ1) is 19.0. The Labute approximate surface area is 165 Å². The van der Waals surface area contributed by atoms with Gasteiger partial charge in [-0.2, -0.15) is 0 Å². The fourth-order valence-corrected chi connectivity index (χ4v) is 3.89. The molecule has 148 valence electrons. The van der Waals surface area contributed by atoms with Crippen LogP contribution < -0.4 is 0 Å². The van der Waals surface area contributed by atoms with Gasteiger partial charge in [-0.1, -0.05) is 6.42 Å². The lowest BCUT2D eigenvalue weighted by atomic mass is 10.1. The molecule has 0 spiro atoms. The lowest BCUT2D eigenvalue weighted by molar-refractivity contribution is 0.0216. The molecule has 0 radical (unpaired) electrons. The third-order valence-corrected chi connectivity index (χ3v) is 5.37. The fraction of sp³-hybridized carbons (Fsp3) is 0.524. The second-order valence-electron chi connectivity index (χ2n) is 7.50. The minimum atomic E-state index is -0.0214. The maximum atomic E-state index is 13.0. The lowest BCUT2D eigenvalue weighted by Crippen LogP contribution is -2.43. The summed E-state index contributed by atoms with van der Waals surface area (Å²) in [5.74, 6) is 0.554. The van der Waals surface area contributed by atoms with Crippen LogP contribution in [-0.4, -0.2) is 76.1 Å². The molecule has 2 aliphatic heterocycles. The molecule has 0 N–H and O–H groups in total. The molecule has 0 aromatic carbocycles. The minimum Gasteiger partial charge on any atom is -0.375 e. The molecular weight excluding hydrogens is 354 g/mol. The molecule has 1 unspecified atom stereocenters. The summed E-state index contributed by atoms with van der Waals surface area (Å²) >= 11 is 0. The minimum absolute atomic E-state index is 0.0214. The van der Waals surface area contributed by atoms with E-state index in [-0.39, 0.29) is 12.0 Å². The number of pyridine rings is 1. The van der Waals surface area contributed by atoms with Crippen molar-refractivity contribution in [1.82, 2.24) is 24.8 Å². The van der Waals surface area contributed by atoms with Crippen LogP contribution in [0.25, 0.3) is 11.4 Å². The van der Waals surface area contributed by atoms with E-state index in [4.69, 9.17) is 4.74 Å². The number of likely N-dealkylation sites (tertiary alicyclic amines) is 1. The standard InChI is InChI=1S/C21H27N5O2/c27-21(18-13-23-20(24-14-18)17-6-4-7-22-12-17)26-10-5-11-28-19(16-26)15-25-8-2-1-3-9-25/h4,6-7,12-14,19H,1-3,5,8-11,15-16H2. The van der Waals surface area contributed by atoms with Crippen LogP contribution in [-0.2, 0) is 4.74 Å². The molecule has 1 atom stereocenters. The highest BCUT2D eigenvalue weighted by molar-refractivity contribution is 5.93. The number of carbonyl (C=O) groups excluding carboxylic acids is 1. The number of aromatic nitrogens is 3. The van der Waals surface area contributed by atoms with E-state index in [0.29, 0.717) is 31.1 Å². The molecule has 7 heteroatoms. The Morgan fingerprint density at radius 1 is 1.07 bits per heavy atom. The number of ether oxygens (including phenoxy) is 1. The van der Waals surface area contributed by atoms with Crippen molar-refractivity contribution in [3.63, 3.8) is 0 Å². The van der Waals surface area contributed by atoms with Crippen LogP contribution in [0.4, 0.5) is 0 Å². The molecule has 7 nitrogen and oxygen atoms in total. The molecule has 0 bridgehead atoms. The lowest BCUT2D eigenvalue weighted by Gasteiger charge is -2.31. The predicted octanol–water partition coefficient (Wildman–Crippen LogP) is 2.26. The highest BCUT2D eigenvalue weighted by atomic mass is 16.5. The van der Waals surface area contributed by atoms with Gasteiger partial charge in [0.15, 0.2) is 5.82 Å². The monoisotopic (exact) mass is 381 g/mol. The van der Waals surface area contributed by atoms with Crippen LogP contribution in [0.15, 0.2) is 36.9 Å². The first-order valence-electron chi connectivity index (χ1n) is 10.2. The van der Waals surface area contributed by atoms with Crippen LogP contribution in [0.2, 0.25) is 0 Å². The Balaban J connectivity index is 1.41. The Hall–Kier alpha value is -2.38. The quantitative estimate of drug-likeness (QED) is 0.809. The second-order valence-corrected chi connectivity index (χ2v) is 7.50. The predicted molar refractivity (Wildman–Crippen MR) is 106 cm³/mol. The van der Waals surface area contributed by atoms with E-state index in [0.717, 1.165) is 31.6 Å². The summed E-state index contributed by atoms with van der Waals surface area (Å²) in [5.41, 5.74) is 1.36. The number of hydrogen-bond donors (Lipinski definition) is 0. The van der Waals surface area contributed by atoms with Gasteiger partial charge in [0, 0.05) is 56.6 Å². The van der Waals surface area contributed by atoms with Crippen molar-refractivity contribution in [2.24, 2.45) is 0 Å². The summed E-state index contributed by atoms with van der Waals surface area (Å²) in [7, 11) is 0. The number of rotatable bonds is 4. The topological polar surface area (TPSA) is 71.5 Å². The highest BCUT2D eigenvalue weighted by Crippen LogP contribution is 2.16. The molecule has 2 saturated heterocycles. The number of amides is 1. The van der Waals surface area contributed by atoms with Gasteiger partial charge in [-0.25, -0.2) is 9.97 Å². The van der Waals surface area contributed by atoms with Crippen LogP contribution >= 0.6 is 0 Å². The van der Waals surface area contributed by atoms with Gasteiger partial charge < -0.3 is 14.5 Å². The largest absolute Gasteiger partial charge is 0.375 e. The molecule has 1 amide bonds. The summed E-state index contributed by atoms with van der Waals surface area (Å²) in [6.45, 7) is 5.22. The van der Waals surface area contributed by atoms with Crippen LogP contribution in [0.1, 0.15) is 36.0 Å². The third kappa shape index (κ3) is 4.72. The Bertz CT molecular complexity index is 762. The number of piperidine rings is 1. The summed E-state index contributed by atoms with van der Waals surface area (Å²) in [4.78, 5) is 30.2. The molecule has 2 aliphatic rings. The Morgan fingerprint density at radius 3 is 2.64 bits per heavy atom. The van der Waals surface area contributed by atoms with Gasteiger partial charge in [0.25, 0.3) is 5.91 Å². The maximum absolute atomic E-state index is 13.0. The number of nitrogens with zero attached hydrogens (tertiary/aromatic N) is 5. The summed E-state index contributed by atoms with van der Waals surface area (Å²) in [6, 6.07) is 3.75. The zero-order chi connectivity index (χ0) is 19.2. The molecule has 4 rings (SSSR count). The van der Waals surface area contributed by atoms with Crippen molar-refractivity contribution < 1.29 is 9.53 Å².